The molecule has 0 aromatic carbocycles. The summed E-state index contributed by atoms with van der Waals surface area (Å²) in [6.07, 6.45) is 5.21. The van der Waals surface area contributed by atoms with Crippen molar-refractivity contribution in [2.75, 3.05) is 6.54 Å². The van der Waals surface area contributed by atoms with Gasteiger partial charge in [-0.1, -0.05) is 27.2 Å². The molecular formula is C13H26N2O. The Labute approximate surface area is 99.4 Å². The highest BCUT2D eigenvalue weighted by Gasteiger charge is 2.34. The van der Waals surface area contributed by atoms with E-state index in [-0.39, 0.29) is 11.9 Å². The molecule has 1 aliphatic rings. The van der Waals surface area contributed by atoms with Crippen LogP contribution in [0.2, 0.25) is 0 Å². The van der Waals surface area contributed by atoms with Crippen molar-refractivity contribution in [1.82, 2.24) is 4.90 Å². The summed E-state index contributed by atoms with van der Waals surface area (Å²) in [5, 5.41) is 0. The Morgan fingerprint density at radius 2 is 2.00 bits per heavy atom. The molecule has 0 spiro atoms. The lowest BCUT2D eigenvalue weighted by Crippen LogP contribution is -2.45. The van der Waals surface area contributed by atoms with Crippen LogP contribution in [0.1, 0.15) is 52.9 Å². The van der Waals surface area contributed by atoms with Crippen molar-refractivity contribution in [3.63, 3.8) is 0 Å². The van der Waals surface area contributed by atoms with E-state index >= 15 is 0 Å². The van der Waals surface area contributed by atoms with Gasteiger partial charge in [0.1, 0.15) is 0 Å². The van der Waals surface area contributed by atoms with Crippen molar-refractivity contribution in [2.45, 2.75) is 65.0 Å². The van der Waals surface area contributed by atoms with Crippen LogP contribution in [0.25, 0.3) is 0 Å². The standard InChI is InChI=1S/C13H26N2O/c1-4-5-12(14)13(16)15(11-6-7-11)9-8-10(2)3/h10-12H,4-9,14H2,1-3H3/t12-/m1/s1. The number of carbonyl (C=O) groups is 1. The minimum absolute atomic E-state index is 0.171. The molecule has 0 aromatic rings. The van der Waals surface area contributed by atoms with Gasteiger partial charge in [-0.2, -0.15) is 0 Å². The summed E-state index contributed by atoms with van der Waals surface area (Å²) in [7, 11) is 0. The van der Waals surface area contributed by atoms with Crippen molar-refractivity contribution in [3.8, 4) is 0 Å². The lowest BCUT2D eigenvalue weighted by Gasteiger charge is -2.26. The molecule has 0 heterocycles. The highest BCUT2D eigenvalue weighted by Crippen LogP contribution is 2.28. The van der Waals surface area contributed by atoms with E-state index in [9.17, 15) is 4.79 Å². The molecule has 1 atom stereocenters. The van der Waals surface area contributed by atoms with Gasteiger partial charge in [0.15, 0.2) is 0 Å². The number of nitrogens with zero attached hydrogens (tertiary/aromatic N) is 1. The Hall–Kier alpha value is -0.570. The van der Waals surface area contributed by atoms with Crippen LogP contribution in [0.15, 0.2) is 0 Å². The molecule has 0 radical (unpaired) electrons. The highest BCUT2D eigenvalue weighted by molar-refractivity contribution is 5.82. The predicted molar refractivity (Wildman–Crippen MR) is 67.1 cm³/mol. The van der Waals surface area contributed by atoms with Crippen LogP contribution in [0, 0.1) is 5.92 Å². The Balaban J connectivity index is 2.45. The molecule has 2 N–H and O–H groups in total. The largest absolute Gasteiger partial charge is 0.338 e. The molecule has 1 aliphatic carbocycles. The molecule has 3 nitrogen and oxygen atoms in total. The number of amides is 1. The van der Waals surface area contributed by atoms with Crippen molar-refractivity contribution in [2.24, 2.45) is 11.7 Å². The second-order valence-corrected chi connectivity index (χ2v) is 5.34. The SMILES string of the molecule is CCC[C@@H](N)C(=O)N(CCC(C)C)C1CC1. The number of nitrogens with two attached hydrogens (primary N) is 1. The number of hydrogen-bond donors (Lipinski definition) is 1. The second kappa shape index (κ2) is 6.24. The average Bonchev–Trinajstić information content (AvgIpc) is 3.01. The predicted octanol–water partition coefficient (Wildman–Crippen LogP) is 2.15. The van der Waals surface area contributed by atoms with Gasteiger partial charge in [0.05, 0.1) is 6.04 Å². The summed E-state index contributed by atoms with van der Waals surface area (Å²) in [6.45, 7) is 7.35. The zero-order chi connectivity index (χ0) is 12.1. The van der Waals surface area contributed by atoms with Gasteiger partial charge in [-0.15, -0.1) is 0 Å². The average molecular weight is 226 g/mol. The highest BCUT2D eigenvalue weighted by atomic mass is 16.2. The Morgan fingerprint density at radius 1 is 1.38 bits per heavy atom. The Bertz CT molecular complexity index is 224. The molecule has 1 amide bonds. The van der Waals surface area contributed by atoms with Crippen LogP contribution in [0.4, 0.5) is 0 Å². The van der Waals surface area contributed by atoms with E-state index < -0.39 is 0 Å². The molecule has 0 aliphatic heterocycles. The Kier molecular flexibility index (Phi) is 5.26. The zero-order valence-electron chi connectivity index (χ0n) is 10.9. The maximum absolute atomic E-state index is 12.1. The van der Waals surface area contributed by atoms with E-state index in [0.717, 1.165) is 25.8 Å². The van der Waals surface area contributed by atoms with Crippen molar-refractivity contribution < 1.29 is 4.79 Å². The van der Waals surface area contributed by atoms with Crippen LogP contribution in [0.5, 0.6) is 0 Å². The quantitative estimate of drug-likeness (QED) is 0.723. The third kappa shape index (κ3) is 4.12. The zero-order valence-corrected chi connectivity index (χ0v) is 10.9. The molecule has 3 heteroatoms. The number of rotatable bonds is 7. The van der Waals surface area contributed by atoms with Crippen molar-refractivity contribution in [3.05, 3.63) is 0 Å². The summed E-state index contributed by atoms with van der Waals surface area (Å²) in [5.41, 5.74) is 5.91. The molecule has 1 saturated carbocycles. The minimum Gasteiger partial charge on any atom is -0.338 e. The molecule has 0 aromatic heterocycles. The van der Waals surface area contributed by atoms with E-state index in [1.54, 1.807) is 0 Å². The van der Waals surface area contributed by atoms with Crippen LogP contribution in [0.3, 0.4) is 0 Å². The summed E-state index contributed by atoms with van der Waals surface area (Å²) in [4.78, 5) is 14.2. The number of carbonyl (C=O) groups excluding carboxylic acids is 1. The number of hydrogen-bond acceptors (Lipinski definition) is 2. The first-order valence-corrected chi connectivity index (χ1v) is 6.62. The summed E-state index contributed by atoms with van der Waals surface area (Å²) < 4.78 is 0. The molecule has 94 valence electrons. The summed E-state index contributed by atoms with van der Waals surface area (Å²) in [6, 6.07) is 0.215. The van der Waals surface area contributed by atoms with Crippen LogP contribution < -0.4 is 5.73 Å². The monoisotopic (exact) mass is 226 g/mol. The third-order valence-electron chi connectivity index (χ3n) is 3.13. The van der Waals surface area contributed by atoms with Gasteiger partial charge >= 0.3 is 0 Å². The fourth-order valence-corrected chi connectivity index (χ4v) is 1.90. The first-order chi connectivity index (χ1) is 7.56. The lowest BCUT2D eigenvalue weighted by atomic mass is 10.1. The molecular weight excluding hydrogens is 200 g/mol. The smallest absolute Gasteiger partial charge is 0.239 e. The van der Waals surface area contributed by atoms with Crippen LogP contribution in [-0.4, -0.2) is 29.4 Å². The summed E-state index contributed by atoms with van der Waals surface area (Å²) >= 11 is 0. The van der Waals surface area contributed by atoms with E-state index in [2.05, 4.69) is 20.8 Å². The Morgan fingerprint density at radius 3 is 2.44 bits per heavy atom. The lowest BCUT2D eigenvalue weighted by molar-refractivity contribution is -0.133. The van der Waals surface area contributed by atoms with Gasteiger partial charge in [0, 0.05) is 12.6 Å². The second-order valence-electron chi connectivity index (χ2n) is 5.34. The van der Waals surface area contributed by atoms with Crippen LogP contribution >= 0.6 is 0 Å². The van der Waals surface area contributed by atoms with Gasteiger partial charge in [-0.25, -0.2) is 0 Å². The summed E-state index contributed by atoms with van der Waals surface area (Å²) in [5.74, 6) is 0.821. The molecule has 1 fully saturated rings. The van der Waals surface area contributed by atoms with Crippen molar-refractivity contribution >= 4 is 5.91 Å². The first-order valence-electron chi connectivity index (χ1n) is 6.62. The third-order valence-corrected chi connectivity index (χ3v) is 3.13. The van der Waals surface area contributed by atoms with Gasteiger partial charge in [0.25, 0.3) is 0 Å². The van der Waals surface area contributed by atoms with Gasteiger partial charge in [-0.05, 0) is 31.6 Å². The van der Waals surface area contributed by atoms with Gasteiger partial charge < -0.3 is 10.6 Å². The molecule has 1 rings (SSSR count). The maximum atomic E-state index is 12.1. The molecule has 0 unspecified atom stereocenters. The van der Waals surface area contributed by atoms with E-state index in [1.807, 2.05) is 4.90 Å². The maximum Gasteiger partial charge on any atom is 0.239 e. The fourth-order valence-electron chi connectivity index (χ4n) is 1.90. The van der Waals surface area contributed by atoms with E-state index in [1.165, 1.54) is 12.8 Å². The topological polar surface area (TPSA) is 46.3 Å². The normalized spacial score (nSPS) is 17.6. The van der Waals surface area contributed by atoms with E-state index in [0.29, 0.717) is 12.0 Å². The van der Waals surface area contributed by atoms with Gasteiger partial charge in [-0.3, -0.25) is 4.79 Å². The van der Waals surface area contributed by atoms with Crippen molar-refractivity contribution in [1.29, 1.82) is 0 Å². The van der Waals surface area contributed by atoms with Crippen LogP contribution in [-0.2, 0) is 4.79 Å². The molecule has 0 bridgehead atoms. The minimum atomic E-state index is -0.280. The van der Waals surface area contributed by atoms with E-state index in [4.69, 9.17) is 5.73 Å². The first kappa shape index (κ1) is 13.5. The molecule has 16 heavy (non-hydrogen) atoms. The van der Waals surface area contributed by atoms with Gasteiger partial charge in [0.2, 0.25) is 5.91 Å². The molecule has 0 saturated heterocycles. The fraction of sp³-hybridized carbons (Fsp3) is 0.923.